The van der Waals surface area contributed by atoms with Crippen LogP contribution in [0.25, 0.3) is 22.7 Å². The second-order valence-corrected chi connectivity index (χ2v) is 7.98. The highest BCUT2D eigenvalue weighted by Crippen LogP contribution is 2.35. The Morgan fingerprint density at radius 1 is 1.13 bits per heavy atom. The Bertz CT molecular complexity index is 1400. The summed E-state index contributed by atoms with van der Waals surface area (Å²) in [5.74, 6) is 0.306. The number of imidazole rings is 1. The largest absolute Gasteiger partial charge is 0.340 e. The highest BCUT2D eigenvalue weighted by molar-refractivity contribution is 5.99. The Morgan fingerprint density at radius 2 is 2.03 bits per heavy atom. The summed E-state index contributed by atoms with van der Waals surface area (Å²) in [5, 5.41) is 13.7. The lowest BCUT2D eigenvalue weighted by atomic mass is 10.0. The molecular weight excluding hydrogens is 392 g/mol. The van der Waals surface area contributed by atoms with Crippen molar-refractivity contribution in [3.05, 3.63) is 65.0 Å². The van der Waals surface area contributed by atoms with Gasteiger partial charge in [0.15, 0.2) is 5.69 Å². The standard InChI is InChI=1S/C22H20N8O/c1-13-16-12-29(27-13)9-4-8-28(2)21(31)19-20(30-10-3-7-23-22(30)24-19)18-11-15-14(16)5-6-17(15)25-26-18/h3,5,7,10-12H,4,6,8-9H2,1-2H3. The number of carbonyl (C=O) groups excluding carboxylic acids is 1. The third-order valence-corrected chi connectivity index (χ3v) is 5.97. The third-order valence-electron chi connectivity index (χ3n) is 5.97. The molecule has 0 spiro atoms. The molecule has 31 heavy (non-hydrogen) atoms. The first-order valence-corrected chi connectivity index (χ1v) is 10.3. The number of aryl methyl sites for hydroxylation is 2. The molecule has 2 aliphatic rings. The zero-order valence-electron chi connectivity index (χ0n) is 17.3. The minimum atomic E-state index is -0.159. The summed E-state index contributed by atoms with van der Waals surface area (Å²) in [6.45, 7) is 3.35. The number of aromatic nitrogens is 7. The van der Waals surface area contributed by atoms with Crippen molar-refractivity contribution in [2.45, 2.75) is 26.3 Å². The molecule has 1 amide bonds. The molecule has 1 aliphatic heterocycles. The quantitative estimate of drug-likeness (QED) is 0.439. The van der Waals surface area contributed by atoms with E-state index < -0.39 is 0 Å². The molecule has 0 saturated heterocycles. The topological polar surface area (TPSA) is 94.1 Å². The van der Waals surface area contributed by atoms with Crippen LogP contribution in [-0.4, -0.2) is 58.7 Å². The number of carbonyl (C=O) groups is 1. The summed E-state index contributed by atoms with van der Waals surface area (Å²) in [5.41, 5.74) is 6.72. The zero-order chi connectivity index (χ0) is 21.1. The van der Waals surface area contributed by atoms with E-state index in [1.54, 1.807) is 18.1 Å². The van der Waals surface area contributed by atoms with Crippen molar-refractivity contribution in [2.75, 3.05) is 13.6 Å². The Kier molecular flexibility index (Phi) is 3.80. The van der Waals surface area contributed by atoms with Gasteiger partial charge in [0.1, 0.15) is 11.4 Å². The maximum atomic E-state index is 13.3. The molecule has 0 saturated carbocycles. The van der Waals surface area contributed by atoms with Gasteiger partial charge in [0.05, 0.1) is 11.4 Å². The van der Waals surface area contributed by atoms with Crippen LogP contribution in [0.4, 0.5) is 0 Å². The van der Waals surface area contributed by atoms with Crippen LogP contribution in [0, 0.1) is 6.92 Å². The number of rotatable bonds is 0. The predicted molar refractivity (Wildman–Crippen MR) is 113 cm³/mol. The molecule has 9 heteroatoms. The first-order chi connectivity index (χ1) is 15.1. The molecule has 4 bridgehead atoms. The van der Waals surface area contributed by atoms with E-state index in [9.17, 15) is 4.79 Å². The van der Waals surface area contributed by atoms with E-state index in [2.05, 4.69) is 37.5 Å². The summed E-state index contributed by atoms with van der Waals surface area (Å²) in [4.78, 5) is 23.9. The first-order valence-electron chi connectivity index (χ1n) is 10.3. The summed E-state index contributed by atoms with van der Waals surface area (Å²) < 4.78 is 3.77. The van der Waals surface area contributed by atoms with E-state index >= 15 is 0 Å². The van der Waals surface area contributed by atoms with Crippen molar-refractivity contribution in [3.63, 3.8) is 0 Å². The number of fused-ring (bicyclic) bond motifs is 8. The molecule has 9 nitrogen and oxygen atoms in total. The molecular formula is C22H20N8O. The lowest BCUT2D eigenvalue weighted by molar-refractivity contribution is 0.0787. The Morgan fingerprint density at radius 3 is 2.94 bits per heavy atom. The van der Waals surface area contributed by atoms with E-state index in [-0.39, 0.29) is 5.91 Å². The van der Waals surface area contributed by atoms with Crippen LogP contribution < -0.4 is 0 Å². The molecule has 6 rings (SSSR count). The van der Waals surface area contributed by atoms with Crippen molar-refractivity contribution in [2.24, 2.45) is 0 Å². The van der Waals surface area contributed by atoms with Gasteiger partial charge in [0, 0.05) is 56.3 Å². The Balaban J connectivity index is 1.63. The number of allylic oxidation sites excluding steroid dienone is 1. The van der Waals surface area contributed by atoms with Crippen LogP contribution in [0.2, 0.25) is 0 Å². The monoisotopic (exact) mass is 412 g/mol. The fourth-order valence-electron chi connectivity index (χ4n) is 4.41. The maximum Gasteiger partial charge on any atom is 0.274 e. The maximum absolute atomic E-state index is 13.3. The number of hydrogen-bond donors (Lipinski definition) is 0. The smallest absolute Gasteiger partial charge is 0.274 e. The normalized spacial score (nSPS) is 15.7. The fourth-order valence-corrected chi connectivity index (χ4v) is 4.41. The lowest BCUT2D eigenvalue weighted by Crippen LogP contribution is -2.29. The highest BCUT2D eigenvalue weighted by Gasteiger charge is 2.28. The highest BCUT2D eigenvalue weighted by atomic mass is 16.2. The molecule has 4 aromatic heterocycles. The summed E-state index contributed by atoms with van der Waals surface area (Å²) >= 11 is 0. The van der Waals surface area contributed by atoms with Crippen molar-refractivity contribution >= 4 is 17.3 Å². The molecule has 0 aromatic carbocycles. The van der Waals surface area contributed by atoms with Crippen molar-refractivity contribution in [3.8, 4) is 11.4 Å². The summed E-state index contributed by atoms with van der Waals surface area (Å²) in [6.07, 6.45) is 9.31. The first kappa shape index (κ1) is 17.9. The molecule has 4 aromatic rings. The Hall–Kier alpha value is -3.88. The molecule has 1 aliphatic carbocycles. The van der Waals surface area contributed by atoms with E-state index in [4.69, 9.17) is 0 Å². The van der Waals surface area contributed by atoms with Gasteiger partial charge in [-0.25, -0.2) is 9.97 Å². The molecule has 5 heterocycles. The fraction of sp³-hybridized carbons (Fsp3) is 0.273. The summed E-state index contributed by atoms with van der Waals surface area (Å²) in [6, 6.07) is 3.83. The Labute approximate surface area is 178 Å². The van der Waals surface area contributed by atoms with Crippen molar-refractivity contribution < 1.29 is 4.79 Å². The average Bonchev–Trinajstić information content (AvgIpc) is 3.46. The van der Waals surface area contributed by atoms with Crippen LogP contribution in [-0.2, 0) is 13.0 Å². The van der Waals surface area contributed by atoms with Crippen LogP contribution in [0.5, 0.6) is 0 Å². The van der Waals surface area contributed by atoms with Crippen LogP contribution in [0.15, 0.2) is 36.8 Å². The zero-order valence-corrected chi connectivity index (χ0v) is 17.3. The van der Waals surface area contributed by atoms with Gasteiger partial charge in [-0.15, -0.1) is 5.10 Å². The molecule has 0 fully saturated rings. The molecule has 0 N–H and O–H groups in total. The summed E-state index contributed by atoms with van der Waals surface area (Å²) in [7, 11) is 1.80. The van der Waals surface area contributed by atoms with Gasteiger partial charge in [0.25, 0.3) is 5.91 Å². The van der Waals surface area contributed by atoms with Gasteiger partial charge >= 0.3 is 0 Å². The van der Waals surface area contributed by atoms with E-state index in [0.29, 0.717) is 29.4 Å². The second-order valence-electron chi connectivity index (χ2n) is 7.98. The predicted octanol–water partition coefficient (Wildman–Crippen LogP) is 2.15. The van der Waals surface area contributed by atoms with Gasteiger partial charge in [-0.1, -0.05) is 6.08 Å². The van der Waals surface area contributed by atoms with Gasteiger partial charge < -0.3 is 4.90 Å². The van der Waals surface area contributed by atoms with Crippen LogP contribution >= 0.6 is 0 Å². The van der Waals surface area contributed by atoms with Gasteiger partial charge in [-0.3, -0.25) is 13.9 Å². The van der Waals surface area contributed by atoms with E-state index in [1.807, 2.05) is 34.3 Å². The van der Waals surface area contributed by atoms with Crippen molar-refractivity contribution in [1.82, 2.24) is 39.2 Å². The van der Waals surface area contributed by atoms with Gasteiger partial charge in [0.2, 0.25) is 5.78 Å². The number of amides is 1. The minimum absolute atomic E-state index is 0.159. The van der Waals surface area contributed by atoms with Crippen molar-refractivity contribution in [1.29, 1.82) is 0 Å². The lowest BCUT2D eigenvalue weighted by Gasteiger charge is -2.17. The average molecular weight is 412 g/mol. The van der Waals surface area contributed by atoms with Crippen LogP contribution in [0.1, 0.15) is 39.4 Å². The third kappa shape index (κ3) is 2.69. The van der Waals surface area contributed by atoms with E-state index in [1.165, 1.54) is 0 Å². The van der Waals surface area contributed by atoms with E-state index in [0.717, 1.165) is 47.5 Å². The van der Waals surface area contributed by atoms with Gasteiger partial charge in [-0.2, -0.15) is 10.2 Å². The molecule has 0 radical (unpaired) electrons. The molecule has 0 atom stereocenters. The SMILES string of the molecule is Cc1nn2cc1C1=CCc3nnc(cc31)-c1c(nc3ncccn13)C(=O)N(C)CCC2. The second kappa shape index (κ2) is 6.56. The molecule has 0 unspecified atom stereocenters. The van der Waals surface area contributed by atoms with Gasteiger partial charge in [-0.05, 0) is 31.1 Å². The molecule has 154 valence electrons. The van der Waals surface area contributed by atoms with Crippen LogP contribution in [0.3, 0.4) is 0 Å². The number of nitrogens with zero attached hydrogens (tertiary/aromatic N) is 8. The number of hydrogen-bond acceptors (Lipinski definition) is 6. The minimum Gasteiger partial charge on any atom is -0.340 e.